The van der Waals surface area contributed by atoms with E-state index in [9.17, 15) is 0 Å². The van der Waals surface area contributed by atoms with Crippen molar-refractivity contribution in [2.45, 2.75) is 57.3 Å². The summed E-state index contributed by atoms with van der Waals surface area (Å²) in [5.74, 6) is 0. The van der Waals surface area contributed by atoms with Gasteiger partial charge in [0.1, 0.15) is 0 Å². The first-order valence-electron chi connectivity index (χ1n) is 5.01. The summed E-state index contributed by atoms with van der Waals surface area (Å²) in [5, 5.41) is 0. The minimum absolute atomic E-state index is 0.578. The van der Waals surface area contributed by atoms with Gasteiger partial charge in [0.05, 0.1) is 0 Å². The molecule has 1 aliphatic rings. The zero-order valence-corrected chi connectivity index (χ0v) is 10.9. The molecule has 0 aromatic rings. The standard InChI is InChI=1S/C11H21I/c1-5-11(4)7-9(12)6-10(2,3)8-11/h9H,5-8H2,1-4H3. The van der Waals surface area contributed by atoms with E-state index in [-0.39, 0.29) is 0 Å². The molecule has 0 aliphatic heterocycles. The quantitative estimate of drug-likeness (QED) is 0.493. The van der Waals surface area contributed by atoms with Gasteiger partial charge in [-0.1, -0.05) is 56.7 Å². The van der Waals surface area contributed by atoms with Crippen LogP contribution in [0.4, 0.5) is 0 Å². The molecule has 0 radical (unpaired) electrons. The Labute approximate surface area is 90.6 Å². The van der Waals surface area contributed by atoms with Gasteiger partial charge in [-0.2, -0.15) is 0 Å². The van der Waals surface area contributed by atoms with Crippen molar-refractivity contribution in [3.05, 3.63) is 0 Å². The van der Waals surface area contributed by atoms with E-state index in [4.69, 9.17) is 0 Å². The highest BCUT2D eigenvalue weighted by molar-refractivity contribution is 14.1. The molecular weight excluding hydrogens is 259 g/mol. The zero-order valence-electron chi connectivity index (χ0n) is 8.78. The van der Waals surface area contributed by atoms with Crippen LogP contribution in [0, 0.1) is 10.8 Å². The van der Waals surface area contributed by atoms with Crippen LogP contribution in [0.25, 0.3) is 0 Å². The lowest BCUT2D eigenvalue weighted by atomic mass is 9.63. The topological polar surface area (TPSA) is 0 Å². The highest BCUT2D eigenvalue weighted by Gasteiger charge is 2.38. The molecule has 1 heteroatoms. The van der Waals surface area contributed by atoms with Gasteiger partial charge in [-0.05, 0) is 30.1 Å². The molecule has 2 atom stereocenters. The van der Waals surface area contributed by atoms with Crippen molar-refractivity contribution in [3.63, 3.8) is 0 Å². The maximum absolute atomic E-state index is 2.63. The van der Waals surface area contributed by atoms with Gasteiger partial charge in [0.15, 0.2) is 0 Å². The van der Waals surface area contributed by atoms with Crippen LogP contribution in [0.15, 0.2) is 0 Å². The Morgan fingerprint density at radius 3 is 2.25 bits per heavy atom. The molecule has 0 spiro atoms. The van der Waals surface area contributed by atoms with Gasteiger partial charge in [0.2, 0.25) is 0 Å². The number of rotatable bonds is 1. The smallest absolute Gasteiger partial charge is 0.0120 e. The monoisotopic (exact) mass is 280 g/mol. The van der Waals surface area contributed by atoms with Gasteiger partial charge in [-0.3, -0.25) is 0 Å². The van der Waals surface area contributed by atoms with Crippen LogP contribution in [0.1, 0.15) is 53.4 Å². The van der Waals surface area contributed by atoms with Crippen LogP contribution in [0.5, 0.6) is 0 Å². The van der Waals surface area contributed by atoms with E-state index in [1.165, 1.54) is 25.7 Å². The summed E-state index contributed by atoms with van der Waals surface area (Å²) in [7, 11) is 0. The second kappa shape index (κ2) is 3.47. The predicted octanol–water partition coefficient (Wildman–Crippen LogP) is 4.42. The lowest BCUT2D eigenvalue weighted by Crippen LogP contribution is -2.35. The van der Waals surface area contributed by atoms with Gasteiger partial charge in [-0.25, -0.2) is 0 Å². The molecule has 0 aromatic heterocycles. The van der Waals surface area contributed by atoms with Crippen molar-refractivity contribution < 1.29 is 0 Å². The fourth-order valence-electron chi connectivity index (χ4n) is 2.78. The summed E-state index contributed by atoms with van der Waals surface area (Å²) in [6.07, 6.45) is 5.59. The molecular formula is C11H21I. The Morgan fingerprint density at radius 2 is 1.83 bits per heavy atom. The Kier molecular flexibility index (Phi) is 3.12. The van der Waals surface area contributed by atoms with Crippen LogP contribution in [-0.2, 0) is 0 Å². The minimum atomic E-state index is 0.578. The fourth-order valence-corrected chi connectivity index (χ4v) is 5.03. The molecule has 1 saturated carbocycles. The third-order valence-corrected chi connectivity index (χ3v) is 4.13. The summed E-state index contributed by atoms with van der Waals surface area (Å²) in [6, 6.07) is 0. The summed E-state index contributed by atoms with van der Waals surface area (Å²) < 4.78 is 0.899. The van der Waals surface area contributed by atoms with Crippen LogP contribution < -0.4 is 0 Å². The van der Waals surface area contributed by atoms with Gasteiger partial charge >= 0.3 is 0 Å². The summed E-state index contributed by atoms with van der Waals surface area (Å²) in [4.78, 5) is 0. The van der Waals surface area contributed by atoms with Crippen LogP contribution in [0.3, 0.4) is 0 Å². The number of halogens is 1. The summed E-state index contributed by atoms with van der Waals surface area (Å²) in [5.41, 5.74) is 1.20. The number of hydrogen-bond acceptors (Lipinski definition) is 0. The van der Waals surface area contributed by atoms with Crippen molar-refractivity contribution in [3.8, 4) is 0 Å². The third kappa shape index (κ3) is 2.61. The molecule has 1 fully saturated rings. The largest absolute Gasteiger partial charge is 0.0826 e. The lowest BCUT2D eigenvalue weighted by molar-refractivity contribution is 0.104. The first kappa shape index (κ1) is 10.8. The normalized spacial score (nSPS) is 41.2. The number of hydrogen-bond donors (Lipinski definition) is 0. The zero-order chi connectivity index (χ0) is 9.41. The molecule has 0 aromatic carbocycles. The van der Waals surface area contributed by atoms with Crippen molar-refractivity contribution in [1.29, 1.82) is 0 Å². The van der Waals surface area contributed by atoms with Gasteiger partial charge in [0, 0.05) is 3.92 Å². The van der Waals surface area contributed by atoms with E-state index < -0.39 is 0 Å². The minimum Gasteiger partial charge on any atom is -0.0826 e. The third-order valence-electron chi connectivity index (χ3n) is 3.25. The Bertz CT molecular complexity index is 162. The SMILES string of the molecule is CCC1(C)CC(I)CC(C)(C)C1. The fraction of sp³-hybridized carbons (Fsp3) is 1.00. The van der Waals surface area contributed by atoms with Gasteiger partial charge in [0.25, 0.3) is 0 Å². The molecule has 0 amide bonds. The second-order valence-electron chi connectivity index (χ2n) is 5.51. The second-order valence-corrected chi connectivity index (χ2v) is 7.27. The molecule has 0 N–H and O–H groups in total. The molecule has 72 valence electrons. The van der Waals surface area contributed by atoms with Crippen molar-refractivity contribution in [2.75, 3.05) is 0 Å². The van der Waals surface area contributed by atoms with Gasteiger partial charge in [-0.15, -0.1) is 0 Å². The van der Waals surface area contributed by atoms with E-state index in [1.807, 2.05) is 0 Å². The van der Waals surface area contributed by atoms with E-state index in [2.05, 4.69) is 50.3 Å². The Hall–Kier alpha value is 0.730. The van der Waals surface area contributed by atoms with E-state index >= 15 is 0 Å². The van der Waals surface area contributed by atoms with Crippen molar-refractivity contribution >= 4 is 22.6 Å². The molecule has 0 heterocycles. The van der Waals surface area contributed by atoms with Gasteiger partial charge < -0.3 is 0 Å². The first-order chi connectivity index (χ1) is 5.37. The predicted molar refractivity (Wildman–Crippen MR) is 63.8 cm³/mol. The van der Waals surface area contributed by atoms with Crippen molar-refractivity contribution in [2.24, 2.45) is 10.8 Å². The lowest BCUT2D eigenvalue weighted by Gasteiger charge is -2.45. The maximum Gasteiger partial charge on any atom is 0.0120 e. The van der Waals surface area contributed by atoms with Crippen LogP contribution in [-0.4, -0.2) is 3.92 Å². The molecule has 0 bridgehead atoms. The average Bonchev–Trinajstić information content (AvgIpc) is 1.82. The highest BCUT2D eigenvalue weighted by Crippen LogP contribution is 2.49. The van der Waals surface area contributed by atoms with Crippen molar-refractivity contribution in [1.82, 2.24) is 0 Å². The average molecular weight is 280 g/mol. The Morgan fingerprint density at radius 1 is 1.25 bits per heavy atom. The molecule has 12 heavy (non-hydrogen) atoms. The van der Waals surface area contributed by atoms with E-state index in [0.717, 1.165) is 3.92 Å². The van der Waals surface area contributed by atoms with E-state index in [0.29, 0.717) is 10.8 Å². The maximum atomic E-state index is 2.63. The number of alkyl halides is 1. The van der Waals surface area contributed by atoms with Crippen LogP contribution >= 0.6 is 22.6 Å². The molecule has 1 aliphatic carbocycles. The van der Waals surface area contributed by atoms with E-state index in [1.54, 1.807) is 0 Å². The highest BCUT2D eigenvalue weighted by atomic mass is 127. The van der Waals surface area contributed by atoms with Crippen LogP contribution in [0.2, 0.25) is 0 Å². The molecule has 1 rings (SSSR count). The molecule has 0 saturated heterocycles. The first-order valence-corrected chi connectivity index (χ1v) is 6.26. The Balaban J connectivity index is 2.70. The summed E-state index contributed by atoms with van der Waals surface area (Å²) in [6.45, 7) is 9.64. The molecule has 0 nitrogen and oxygen atoms in total. The summed E-state index contributed by atoms with van der Waals surface area (Å²) >= 11 is 2.63. The molecule has 2 unspecified atom stereocenters.